The van der Waals surface area contributed by atoms with Gasteiger partial charge in [-0.05, 0) is 75.4 Å². The van der Waals surface area contributed by atoms with Gasteiger partial charge in [0.1, 0.15) is 5.69 Å². The van der Waals surface area contributed by atoms with E-state index in [9.17, 15) is 4.79 Å². The molecule has 4 rings (SSSR count). The third kappa shape index (κ3) is 3.36. The number of H-pyrrole nitrogens is 1. The van der Waals surface area contributed by atoms with Gasteiger partial charge in [0, 0.05) is 28.0 Å². The Bertz CT molecular complexity index is 783. The molecule has 0 aliphatic carbocycles. The van der Waals surface area contributed by atoms with Crippen molar-refractivity contribution in [3.05, 3.63) is 33.9 Å². The van der Waals surface area contributed by atoms with Crippen LogP contribution < -0.4 is 5.32 Å². The summed E-state index contributed by atoms with van der Waals surface area (Å²) in [7, 11) is 0. The van der Waals surface area contributed by atoms with Gasteiger partial charge in [-0.2, -0.15) is 0 Å². The van der Waals surface area contributed by atoms with Gasteiger partial charge in [0.15, 0.2) is 0 Å². The Kier molecular flexibility index (Phi) is 4.87. The summed E-state index contributed by atoms with van der Waals surface area (Å²) in [6.45, 7) is 5.29. The topological polar surface area (TPSA) is 48.1 Å². The molecule has 1 aromatic heterocycles. The van der Waals surface area contributed by atoms with Crippen molar-refractivity contribution in [2.24, 2.45) is 5.92 Å². The molecule has 2 N–H and O–H groups in total. The van der Waals surface area contributed by atoms with Crippen LogP contribution in [-0.2, 0) is 0 Å². The van der Waals surface area contributed by atoms with Crippen LogP contribution in [0.1, 0.15) is 48.2 Å². The molecule has 1 amide bonds. The lowest BCUT2D eigenvalue weighted by Gasteiger charge is -2.44. The van der Waals surface area contributed by atoms with Crippen LogP contribution in [0, 0.1) is 12.8 Å². The number of rotatable bonds is 3. The molecule has 3 heterocycles. The number of fused-ring (bicyclic) bond motifs is 2. The quantitative estimate of drug-likeness (QED) is 0.804. The molecule has 2 aromatic rings. The first-order valence-corrected chi connectivity index (χ1v) is 10.2. The fraction of sp³-hybridized carbons (Fsp3) is 0.550. The lowest BCUT2D eigenvalue weighted by atomic mass is 9.83. The molecule has 5 heteroatoms. The summed E-state index contributed by atoms with van der Waals surface area (Å²) in [6.07, 6.45) is 6.46. The van der Waals surface area contributed by atoms with Gasteiger partial charge in [0.2, 0.25) is 0 Å². The first kappa shape index (κ1) is 17.1. The van der Waals surface area contributed by atoms with Crippen LogP contribution in [0.4, 0.5) is 0 Å². The summed E-state index contributed by atoms with van der Waals surface area (Å²) in [5.41, 5.74) is 2.74. The van der Waals surface area contributed by atoms with Crippen LogP contribution in [0.5, 0.6) is 0 Å². The molecular formula is C20H26BrN3O. The molecule has 0 saturated carbocycles. The molecule has 134 valence electrons. The minimum absolute atomic E-state index is 0.0257. The van der Waals surface area contributed by atoms with Gasteiger partial charge >= 0.3 is 0 Å². The molecule has 2 atom stereocenters. The third-order valence-corrected chi connectivity index (χ3v) is 6.49. The number of nitrogens with zero attached hydrogens (tertiary/aromatic N) is 1. The average Bonchev–Trinajstić information content (AvgIpc) is 2.96. The van der Waals surface area contributed by atoms with Gasteiger partial charge in [0.25, 0.3) is 5.91 Å². The number of aromatic amines is 1. The summed E-state index contributed by atoms with van der Waals surface area (Å²) in [4.78, 5) is 18.7. The van der Waals surface area contributed by atoms with E-state index in [2.05, 4.69) is 37.2 Å². The molecule has 2 aliphatic heterocycles. The van der Waals surface area contributed by atoms with Crippen LogP contribution in [0.2, 0.25) is 0 Å². The number of carbonyl (C=O) groups excluding carboxylic acids is 1. The number of halogens is 1. The van der Waals surface area contributed by atoms with Crippen LogP contribution >= 0.6 is 15.9 Å². The SMILES string of the molecule is Cc1c(C(=O)NC[C@H]2CCCN3CCCC[C@H]23)[nH]c2ccc(Br)cc12. The number of hydrogen-bond acceptors (Lipinski definition) is 2. The number of piperidine rings is 2. The van der Waals surface area contributed by atoms with Crippen molar-refractivity contribution in [2.75, 3.05) is 19.6 Å². The smallest absolute Gasteiger partial charge is 0.268 e. The summed E-state index contributed by atoms with van der Waals surface area (Å²) in [6, 6.07) is 6.76. The second kappa shape index (κ2) is 7.12. The molecule has 25 heavy (non-hydrogen) atoms. The highest BCUT2D eigenvalue weighted by Crippen LogP contribution is 2.30. The lowest BCUT2D eigenvalue weighted by molar-refractivity contribution is 0.0575. The number of aryl methyl sites for hydroxylation is 1. The third-order valence-electron chi connectivity index (χ3n) is 6.00. The average molecular weight is 404 g/mol. The molecule has 2 fully saturated rings. The van der Waals surface area contributed by atoms with Crippen molar-refractivity contribution in [1.82, 2.24) is 15.2 Å². The Morgan fingerprint density at radius 1 is 1.28 bits per heavy atom. The van der Waals surface area contributed by atoms with Gasteiger partial charge in [-0.15, -0.1) is 0 Å². The normalized spacial score (nSPS) is 24.2. The molecule has 1 aromatic carbocycles. The Morgan fingerprint density at radius 3 is 3.00 bits per heavy atom. The van der Waals surface area contributed by atoms with Gasteiger partial charge in [-0.1, -0.05) is 22.4 Å². The molecule has 0 radical (unpaired) electrons. The van der Waals surface area contributed by atoms with E-state index in [1.54, 1.807) is 0 Å². The fourth-order valence-electron chi connectivity index (χ4n) is 4.65. The van der Waals surface area contributed by atoms with E-state index >= 15 is 0 Å². The Hall–Kier alpha value is -1.33. The first-order chi connectivity index (χ1) is 12.1. The molecule has 0 spiro atoms. The largest absolute Gasteiger partial charge is 0.350 e. The molecule has 4 nitrogen and oxygen atoms in total. The standard InChI is InChI=1S/C20H26BrN3O/c1-13-16-11-15(21)7-8-17(16)23-19(13)20(25)22-12-14-5-4-10-24-9-3-2-6-18(14)24/h7-8,11,14,18,23H,2-6,9-10,12H2,1H3,(H,22,25)/t14-,18-/m1/s1. The summed E-state index contributed by atoms with van der Waals surface area (Å²) in [5.74, 6) is 0.620. The zero-order chi connectivity index (χ0) is 17.4. The number of nitrogens with one attached hydrogen (secondary N) is 2. The van der Waals surface area contributed by atoms with E-state index < -0.39 is 0 Å². The highest BCUT2D eigenvalue weighted by atomic mass is 79.9. The monoisotopic (exact) mass is 403 g/mol. The van der Waals surface area contributed by atoms with E-state index in [0.29, 0.717) is 17.7 Å². The highest BCUT2D eigenvalue weighted by Gasteiger charge is 2.33. The lowest BCUT2D eigenvalue weighted by Crippen LogP contribution is -2.51. The second-order valence-electron chi connectivity index (χ2n) is 7.53. The van der Waals surface area contributed by atoms with E-state index in [0.717, 1.165) is 27.5 Å². The molecule has 0 unspecified atom stereocenters. The fourth-order valence-corrected chi connectivity index (χ4v) is 5.01. The molecule has 2 aliphatic rings. The maximum absolute atomic E-state index is 12.8. The van der Waals surface area contributed by atoms with Crippen LogP contribution in [0.3, 0.4) is 0 Å². The van der Waals surface area contributed by atoms with Gasteiger partial charge in [-0.25, -0.2) is 0 Å². The molecule has 2 saturated heterocycles. The van der Waals surface area contributed by atoms with Gasteiger partial charge in [0.05, 0.1) is 0 Å². The van der Waals surface area contributed by atoms with Crippen LogP contribution in [0.15, 0.2) is 22.7 Å². The highest BCUT2D eigenvalue weighted by molar-refractivity contribution is 9.10. The van der Waals surface area contributed by atoms with Crippen molar-refractivity contribution in [3.63, 3.8) is 0 Å². The number of benzene rings is 1. The van der Waals surface area contributed by atoms with Crippen LogP contribution in [0.25, 0.3) is 10.9 Å². The zero-order valence-electron chi connectivity index (χ0n) is 14.8. The predicted octanol–water partition coefficient (Wildman–Crippen LogP) is 4.23. The maximum Gasteiger partial charge on any atom is 0.268 e. The van der Waals surface area contributed by atoms with Crippen molar-refractivity contribution in [3.8, 4) is 0 Å². The first-order valence-electron chi connectivity index (χ1n) is 9.43. The zero-order valence-corrected chi connectivity index (χ0v) is 16.4. The number of hydrogen-bond donors (Lipinski definition) is 2. The van der Waals surface area contributed by atoms with Crippen LogP contribution in [-0.4, -0.2) is 41.5 Å². The van der Waals surface area contributed by atoms with E-state index in [-0.39, 0.29) is 5.91 Å². The van der Waals surface area contributed by atoms with Crippen molar-refractivity contribution in [1.29, 1.82) is 0 Å². The second-order valence-corrected chi connectivity index (χ2v) is 8.44. The molecule has 0 bridgehead atoms. The van der Waals surface area contributed by atoms with E-state index in [1.165, 1.54) is 45.2 Å². The summed E-state index contributed by atoms with van der Waals surface area (Å²) >= 11 is 3.51. The van der Waals surface area contributed by atoms with E-state index in [1.807, 2.05) is 19.1 Å². The van der Waals surface area contributed by atoms with E-state index in [4.69, 9.17) is 0 Å². The Labute approximate surface area is 157 Å². The minimum Gasteiger partial charge on any atom is -0.350 e. The maximum atomic E-state index is 12.8. The minimum atomic E-state index is 0.0257. The Balaban J connectivity index is 1.46. The number of aromatic nitrogens is 1. The van der Waals surface area contributed by atoms with Gasteiger partial charge in [-0.3, -0.25) is 4.79 Å². The van der Waals surface area contributed by atoms with Crippen molar-refractivity contribution in [2.45, 2.75) is 45.1 Å². The summed E-state index contributed by atoms with van der Waals surface area (Å²) in [5, 5.41) is 4.32. The molecular weight excluding hydrogens is 378 g/mol. The predicted molar refractivity (Wildman–Crippen MR) is 105 cm³/mol. The van der Waals surface area contributed by atoms with Crippen molar-refractivity contribution >= 4 is 32.7 Å². The number of carbonyl (C=O) groups is 1. The summed E-state index contributed by atoms with van der Waals surface area (Å²) < 4.78 is 1.04. The van der Waals surface area contributed by atoms with Gasteiger partial charge < -0.3 is 15.2 Å². The number of amides is 1. The Morgan fingerprint density at radius 2 is 2.12 bits per heavy atom. The van der Waals surface area contributed by atoms with Crippen molar-refractivity contribution < 1.29 is 4.79 Å².